The number of halogens is 2. The molecule has 6 heteroatoms. The molecule has 3 rings (SSSR count). The molecule has 1 aliphatic rings. The summed E-state index contributed by atoms with van der Waals surface area (Å²) >= 11 is 0. The summed E-state index contributed by atoms with van der Waals surface area (Å²) in [6.45, 7) is 0.798. The lowest BCUT2D eigenvalue weighted by Gasteiger charge is -2.24. The van der Waals surface area contributed by atoms with Gasteiger partial charge in [-0.05, 0) is 42.5 Å². The van der Waals surface area contributed by atoms with E-state index >= 15 is 0 Å². The molecule has 0 saturated carbocycles. The molecule has 0 spiro atoms. The number of rotatable bonds is 4. The van der Waals surface area contributed by atoms with Crippen LogP contribution < -0.4 is 0 Å². The second kappa shape index (κ2) is 7.62. The van der Waals surface area contributed by atoms with Crippen molar-refractivity contribution in [1.82, 2.24) is 4.31 Å². The molecular weight excluding hydrogens is 344 g/mol. The van der Waals surface area contributed by atoms with E-state index in [9.17, 15) is 17.2 Å². The average Bonchev–Trinajstić information content (AvgIpc) is 2.85. The minimum absolute atomic E-state index is 0.121. The summed E-state index contributed by atoms with van der Waals surface area (Å²) < 4.78 is 54.2. The molecule has 1 unspecified atom stereocenters. The van der Waals surface area contributed by atoms with Gasteiger partial charge in [-0.3, -0.25) is 0 Å². The van der Waals surface area contributed by atoms with Gasteiger partial charge in [-0.25, -0.2) is 21.5 Å². The van der Waals surface area contributed by atoms with Crippen molar-refractivity contribution in [3.05, 3.63) is 71.3 Å². The van der Waals surface area contributed by atoms with Crippen LogP contribution in [0.2, 0.25) is 0 Å². The van der Waals surface area contributed by atoms with Gasteiger partial charge in [-0.1, -0.05) is 36.8 Å². The van der Waals surface area contributed by atoms with Crippen LogP contribution in [0.4, 0.5) is 8.78 Å². The van der Waals surface area contributed by atoms with Gasteiger partial charge in [0.05, 0.1) is 5.75 Å². The fraction of sp³-hybridized carbons (Fsp3) is 0.368. The first kappa shape index (κ1) is 18.0. The van der Waals surface area contributed by atoms with E-state index in [0.29, 0.717) is 13.1 Å². The second-order valence-corrected chi connectivity index (χ2v) is 8.42. The predicted molar refractivity (Wildman–Crippen MR) is 93.6 cm³/mol. The first-order chi connectivity index (χ1) is 12.0. The second-order valence-electron chi connectivity index (χ2n) is 6.45. The summed E-state index contributed by atoms with van der Waals surface area (Å²) in [5.41, 5.74) is 0.988. The maximum absolute atomic E-state index is 13.8. The fourth-order valence-electron chi connectivity index (χ4n) is 3.30. The highest BCUT2D eigenvalue weighted by Gasteiger charge is 2.29. The molecule has 1 fully saturated rings. The van der Waals surface area contributed by atoms with E-state index < -0.39 is 27.4 Å². The maximum Gasteiger partial charge on any atom is 0.218 e. The number of hydrogen-bond donors (Lipinski definition) is 0. The van der Waals surface area contributed by atoms with Crippen LogP contribution in [0.3, 0.4) is 0 Å². The Hall–Kier alpha value is -1.79. The van der Waals surface area contributed by atoms with Gasteiger partial charge in [0.25, 0.3) is 0 Å². The summed E-state index contributed by atoms with van der Waals surface area (Å²) in [5, 5.41) is 0. The quantitative estimate of drug-likeness (QED) is 0.819. The summed E-state index contributed by atoms with van der Waals surface area (Å²) in [5.74, 6) is -1.72. The molecule has 1 heterocycles. The van der Waals surface area contributed by atoms with Crippen molar-refractivity contribution in [2.75, 3.05) is 13.1 Å². The number of hydrogen-bond acceptors (Lipinski definition) is 2. The lowest BCUT2D eigenvalue weighted by atomic mass is 9.95. The SMILES string of the molecule is O=S(=O)(Cc1cc(F)ccc1F)N1CCCCC(c2ccccc2)C1. The molecule has 134 valence electrons. The van der Waals surface area contributed by atoms with E-state index in [1.54, 1.807) is 0 Å². The molecule has 1 atom stereocenters. The van der Waals surface area contributed by atoms with Gasteiger partial charge in [-0.2, -0.15) is 0 Å². The number of benzene rings is 2. The molecule has 0 radical (unpaired) electrons. The lowest BCUT2D eigenvalue weighted by Crippen LogP contribution is -2.35. The number of sulfonamides is 1. The Labute approximate surface area is 147 Å². The van der Waals surface area contributed by atoms with Crippen LogP contribution in [0.15, 0.2) is 48.5 Å². The molecule has 0 aliphatic carbocycles. The monoisotopic (exact) mass is 365 g/mol. The fourth-order valence-corrected chi connectivity index (χ4v) is 4.91. The van der Waals surface area contributed by atoms with Gasteiger partial charge in [-0.15, -0.1) is 0 Å². The lowest BCUT2D eigenvalue weighted by molar-refractivity contribution is 0.405. The van der Waals surface area contributed by atoms with Gasteiger partial charge in [0.15, 0.2) is 0 Å². The molecular formula is C19H21F2NO2S. The highest BCUT2D eigenvalue weighted by Crippen LogP contribution is 2.28. The predicted octanol–water partition coefficient (Wildman–Crippen LogP) is 4.06. The smallest absolute Gasteiger partial charge is 0.212 e. The van der Waals surface area contributed by atoms with Crippen molar-refractivity contribution in [1.29, 1.82) is 0 Å². The molecule has 0 bridgehead atoms. The Morgan fingerprint density at radius 2 is 1.80 bits per heavy atom. The molecule has 3 nitrogen and oxygen atoms in total. The van der Waals surface area contributed by atoms with Gasteiger partial charge >= 0.3 is 0 Å². The van der Waals surface area contributed by atoms with Crippen molar-refractivity contribution in [3.8, 4) is 0 Å². The third kappa shape index (κ3) is 4.44. The average molecular weight is 365 g/mol. The maximum atomic E-state index is 13.8. The first-order valence-corrected chi connectivity index (χ1v) is 10.0. The summed E-state index contributed by atoms with van der Waals surface area (Å²) in [6.07, 6.45) is 2.64. The normalized spacial score (nSPS) is 19.5. The highest BCUT2D eigenvalue weighted by atomic mass is 32.2. The van der Waals surface area contributed by atoms with Crippen molar-refractivity contribution < 1.29 is 17.2 Å². The summed E-state index contributed by atoms with van der Waals surface area (Å²) in [4.78, 5) is 0. The van der Waals surface area contributed by atoms with Gasteiger partial charge < -0.3 is 0 Å². The Morgan fingerprint density at radius 3 is 2.56 bits per heavy atom. The molecule has 1 saturated heterocycles. The van der Waals surface area contributed by atoms with Crippen LogP contribution in [-0.2, 0) is 15.8 Å². The van der Waals surface area contributed by atoms with Gasteiger partial charge in [0.2, 0.25) is 10.0 Å². The van der Waals surface area contributed by atoms with Crippen molar-refractivity contribution >= 4 is 10.0 Å². The Balaban J connectivity index is 1.81. The van der Waals surface area contributed by atoms with E-state index in [1.807, 2.05) is 30.3 Å². The zero-order valence-electron chi connectivity index (χ0n) is 13.9. The zero-order valence-corrected chi connectivity index (χ0v) is 14.7. The van der Waals surface area contributed by atoms with E-state index in [2.05, 4.69) is 0 Å². The Morgan fingerprint density at radius 1 is 1.04 bits per heavy atom. The third-order valence-electron chi connectivity index (χ3n) is 4.64. The van der Waals surface area contributed by atoms with Crippen LogP contribution >= 0.6 is 0 Å². The molecule has 25 heavy (non-hydrogen) atoms. The molecule has 2 aromatic rings. The van der Waals surface area contributed by atoms with Crippen molar-refractivity contribution in [2.24, 2.45) is 0 Å². The van der Waals surface area contributed by atoms with Gasteiger partial charge in [0.1, 0.15) is 11.6 Å². The highest BCUT2D eigenvalue weighted by molar-refractivity contribution is 7.88. The largest absolute Gasteiger partial charge is 0.218 e. The Bertz CT molecular complexity index is 825. The molecule has 0 aromatic heterocycles. The summed E-state index contributed by atoms with van der Waals surface area (Å²) in [6, 6.07) is 12.8. The summed E-state index contributed by atoms with van der Waals surface area (Å²) in [7, 11) is -3.71. The molecule has 1 aliphatic heterocycles. The topological polar surface area (TPSA) is 37.4 Å². The molecule has 2 aromatic carbocycles. The van der Waals surface area contributed by atoms with E-state index in [4.69, 9.17) is 0 Å². The van der Waals surface area contributed by atoms with Crippen LogP contribution in [0.1, 0.15) is 36.3 Å². The van der Waals surface area contributed by atoms with Crippen LogP contribution in [0, 0.1) is 11.6 Å². The standard InChI is InChI=1S/C19H21F2NO2S/c20-18-9-10-19(21)17(12-18)14-25(23,24)22-11-5-4-8-16(13-22)15-6-2-1-3-7-15/h1-3,6-7,9-10,12,16H,4-5,8,11,13-14H2. The van der Waals surface area contributed by atoms with Crippen molar-refractivity contribution in [3.63, 3.8) is 0 Å². The van der Waals surface area contributed by atoms with E-state index in [0.717, 1.165) is 43.0 Å². The minimum atomic E-state index is -3.71. The van der Waals surface area contributed by atoms with Gasteiger partial charge in [0, 0.05) is 18.7 Å². The van der Waals surface area contributed by atoms with Crippen molar-refractivity contribution in [2.45, 2.75) is 30.9 Å². The molecule has 0 N–H and O–H groups in total. The van der Waals surface area contributed by atoms with E-state index in [-0.39, 0.29) is 11.5 Å². The number of nitrogens with zero attached hydrogens (tertiary/aromatic N) is 1. The van der Waals surface area contributed by atoms with Crippen LogP contribution in [0.5, 0.6) is 0 Å². The van der Waals surface area contributed by atoms with Crippen LogP contribution in [-0.4, -0.2) is 25.8 Å². The Kier molecular flexibility index (Phi) is 5.49. The van der Waals surface area contributed by atoms with Crippen LogP contribution in [0.25, 0.3) is 0 Å². The third-order valence-corrected chi connectivity index (χ3v) is 6.44. The van der Waals surface area contributed by atoms with E-state index in [1.165, 1.54) is 4.31 Å². The molecule has 0 amide bonds. The first-order valence-electron chi connectivity index (χ1n) is 8.42. The zero-order chi connectivity index (χ0) is 17.9. The minimum Gasteiger partial charge on any atom is -0.212 e.